The summed E-state index contributed by atoms with van der Waals surface area (Å²) >= 11 is 11.6. The van der Waals surface area contributed by atoms with Crippen LogP contribution in [0.3, 0.4) is 0 Å². The molecular weight excluding hydrogens is 371 g/mol. The number of benzene rings is 2. The highest BCUT2D eigenvalue weighted by Gasteiger charge is 2.17. The summed E-state index contributed by atoms with van der Waals surface area (Å²) in [6, 6.07) is 9.44. The van der Waals surface area contributed by atoms with E-state index >= 15 is 0 Å². The van der Waals surface area contributed by atoms with Crippen LogP contribution in [0.25, 0.3) is 0 Å². The molecular formula is C16H16Cl2N2O3S. The predicted octanol–water partition coefficient (Wildman–Crippen LogP) is 3.53. The first-order valence-electron chi connectivity index (χ1n) is 7.01. The number of carbonyl (C=O) groups excluding carboxylic acids is 1. The average molecular weight is 387 g/mol. The van der Waals surface area contributed by atoms with Gasteiger partial charge < -0.3 is 5.32 Å². The van der Waals surface area contributed by atoms with E-state index in [1.807, 2.05) is 26.0 Å². The lowest BCUT2D eigenvalue weighted by Gasteiger charge is -2.11. The van der Waals surface area contributed by atoms with Gasteiger partial charge in [0.25, 0.3) is 0 Å². The molecule has 0 spiro atoms. The third-order valence-corrected chi connectivity index (χ3v) is 5.64. The highest BCUT2D eigenvalue weighted by atomic mass is 35.5. The van der Waals surface area contributed by atoms with E-state index in [0.717, 1.165) is 11.1 Å². The van der Waals surface area contributed by atoms with Crippen LogP contribution in [0.15, 0.2) is 41.3 Å². The molecule has 5 nitrogen and oxygen atoms in total. The second kappa shape index (κ2) is 7.53. The first-order chi connectivity index (χ1) is 11.2. The lowest BCUT2D eigenvalue weighted by Crippen LogP contribution is -2.33. The van der Waals surface area contributed by atoms with Crippen molar-refractivity contribution in [3.8, 4) is 0 Å². The minimum Gasteiger partial charge on any atom is -0.325 e. The molecule has 0 aliphatic rings. The summed E-state index contributed by atoms with van der Waals surface area (Å²) in [5, 5.41) is 3.06. The zero-order valence-corrected chi connectivity index (χ0v) is 15.4. The monoisotopic (exact) mass is 386 g/mol. The topological polar surface area (TPSA) is 75.3 Å². The lowest BCUT2D eigenvalue weighted by atomic mass is 10.1. The molecule has 0 saturated carbocycles. The summed E-state index contributed by atoms with van der Waals surface area (Å²) in [5.74, 6) is -0.465. The van der Waals surface area contributed by atoms with Gasteiger partial charge >= 0.3 is 0 Å². The lowest BCUT2D eigenvalue weighted by molar-refractivity contribution is -0.115. The van der Waals surface area contributed by atoms with Gasteiger partial charge in [-0.05, 0) is 49.2 Å². The summed E-state index contributed by atoms with van der Waals surface area (Å²) < 4.78 is 26.6. The third-order valence-electron chi connectivity index (χ3n) is 3.50. The van der Waals surface area contributed by atoms with E-state index < -0.39 is 22.5 Å². The Labute approximate surface area is 151 Å². The van der Waals surface area contributed by atoms with Crippen molar-refractivity contribution >= 4 is 44.8 Å². The van der Waals surface area contributed by atoms with Gasteiger partial charge in [-0.3, -0.25) is 4.79 Å². The number of nitrogens with one attached hydrogen (secondary N) is 2. The van der Waals surface area contributed by atoms with Crippen LogP contribution < -0.4 is 10.0 Å². The van der Waals surface area contributed by atoms with Crippen LogP contribution in [-0.4, -0.2) is 20.9 Å². The molecule has 1 amide bonds. The van der Waals surface area contributed by atoms with Crippen LogP contribution in [0.1, 0.15) is 11.1 Å². The van der Waals surface area contributed by atoms with Crippen molar-refractivity contribution in [1.29, 1.82) is 0 Å². The van der Waals surface area contributed by atoms with Gasteiger partial charge in [0, 0.05) is 5.69 Å². The molecule has 0 fully saturated rings. The molecule has 2 N–H and O–H groups in total. The second-order valence-electron chi connectivity index (χ2n) is 5.20. The fraction of sp³-hybridized carbons (Fsp3) is 0.188. The highest BCUT2D eigenvalue weighted by molar-refractivity contribution is 7.89. The maximum Gasteiger partial charge on any atom is 0.241 e. The second-order valence-corrected chi connectivity index (χ2v) is 7.78. The number of amides is 1. The smallest absolute Gasteiger partial charge is 0.241 e. The SMILES string of the molecule is Cc1cccc(NC(=O)CNS(=O)(=O)c2ccc(Cl)c(Cl)c2)c1C. The molecule has 0 aliphatic carbocycles. The maximum atomic E-state index is 12.2. The number of sulfonamides is 1. The van der Waals surface area contributed by atoms with E-state index in [4.69, 9.17) is 23.2 Å². The molecule has 0 unspecified atom stereocenters. The maximum absolute atomic E-state index is 12.2. The van der Waals surface area contributed by atoms with Gasteiger partial charge in [-0.2, -0.15) is 0 Å². The van der Waals surface area contributed by atoms with Crippen LogP contribution in [0.5, 0.6) is 0 Å². The number of halogens is 2. The van der Waals surface area contributed by atoms with Crippen LogP contribution in [0.4, 0.5) is 5.69 Å². The summed E-state index contributed by atoms with van der Waals surface area (Å²) in [4.78, 5) is 11.9. The largest absolute Gasteiger partial charge is 0.325 e. The van der Waals surface area contributed by atoms with Crippen LogP contribution in [-0.2, 0) is 14.8 Å². The summed E-state index contributed by atoms with van der Waals surface area (Å²) in [6.07, 6.45) is 0. The Morgan fingerprint density at radius 1 is 1.08 bits per heavy atom. The van der Waals surface area contributed by atoms with Gasteiger partial charge in [0.2, 0.25) is 15.9 Å². The summed E-state index contributed by atoms with van der Waals surface area (Å²) in [7, 11) is -3.86. The molecule has 2 aromatic rings. The molecule has 2 rings (SSSR count). The molecule has 8 heteroatoms. The molecule has 0 radical (unpaired) electrons. The Bertz CT molecular complexity index is 883. The number of aryl methyl sites for hydroxylation is 1. The van der Waals surface area contributed by atoms with E-state index in [2.05, 4.69) is 10.0 Å². The van der Waals surface area contributed by atoms with Gasteiger partial charge in [0.1, 0.15) is 0 Å². The van der Waals surface area contributed by atoms with Crippen LogP contribution in [0.2, 0.25) is 10.0 Å². The van der Waals surface area contributed by atoms with Gasteiger partial charge in [0.15, 0.2) is 0 Å². The van der Waals surface area contributed by atoms with Crippen molar-refractivity contribution in [3.05, 3.63) is 57.6 Å². The Kier molecular flexibility index (Phi) is 5.87. The van der Waals surface area contributed by atoms with E-state index in [1.54, 1.807) is 6.07 Å². The number of rotatable bonds is 5. The fourth-order valence-electron chi connectivity index (χ4n) is 1.97. The molecule has 128 valence electrons. The molecule has 0 saturated heterocycles. The molecule has 0 bridgehead atoms. The van der Waals surface area contributed by atoms with Crippen molar-refractivity contribution in [2.45, 2.75) is 18.7 Å². The van der Waals surface area contributed by atoms with Crippen LogP contribution >= 0.6 is 23.2 Å². The van der Waals surface area contributed by atoms with Gasteiger partial charge in [-0.15, -0.1) is 0 Å². The molecule has 0 aliphatic heterocycles. The minimum absolute atomic E-state index is 0.0589. The quantitative estimate of drug-likeness (QED) is 0.824. The number of anilines is 1. The predicted molar refractivity (Wildman–Crippen MR) is 96.2 cm³/mol. The zero-order valence-electron chi connectivity index (χ0n) is 13.1. The molecule has 24 heavy (non-hydrogen) atoms. The standard InChI is InChI=1S/C16H16Cl2N2O3S/c1-10-4-3-5-15(11(10)2)20-16(21)9-19-24(22,23)12-6-7-13(17)14(18)8-12/h3-8,19H,9H2,1-2H3,(H,20,21). The molecule has 0 heterocycles. The number of hydrogen-bond donors (Lipinski definition) is 2. The minimum atomic E-state index is -3.86. The van der Waals surface area contributed by atoms with E-state index in [0.29, 0.717) is 5.69 Å². The third kappa shape index (κ3) is 4.48. The fourth-order valence-corrected chi connectivity index (χ4v) is 3.34. The van der Waals surface area contributed by atoms with E-state index in [-0.39, 0.29) is 14.9 Å². The van der Waals surface area contributed by atoms with E-state index in [1.165, 1.54) is 18.2 Å². The normalized spacial score (nSPS) is 11.3. The molecule has 2 aromatic carbocycles. The Morgan fingerprint density at radius 2 is 1.79 bits per heavy atom. The zero-order chi connectivity index (χ0) is 17.9. The highest BCUT2D eigenvalue weighted by Crippen LogP contribution is 2.24. The first-order valence-corrected chi connectivity index (χ1v) is 9.25. The van der Waals surface area contributed by atoms with Crippen molar-refractivity contribution in [2.75, 3.05) is 11.9 Å². The first kappa shape index (κ1) is 18.7. The van der Waals surface area contributed by atoms with Gasteiger partial charge in [-0.25, -0.2) is 13.1 Å². The average Bonchev–Trinajstić information content (AvgIpc) is 2.52. The Hall–Kier alpha value is -1.60. The van der Waals surface area contributed by atoms with Crippen molar-refractivity contribution in [1.82, 2.24) is 4.72 Å². The number of hydrogen-bond acceptors (Lipinski definition) is 3. The van der Waals surface area contributed by atoms with Crippen molar-refractivity contribution < 1.29 is 13.2 Å². The van der Waals surface area contributed by atoms with Crippen molar-refractivity contribution in [2.24, 2.45) is 0 Å². The molecule has 0 atom stereocenters. The van der Waals surface area contributed by atoms with Crippen molar-refractivity contribution in [3.63, 3.8) is 0 Å². The summed E-state index contributed by atoms with van der Waals surface area (Å²) in [6.45, 7) is 3.42. The molecule has 0 aromatic heterocycles. The van der Waals surface area contributed by atoms with Gasteiger partial charge in [-0.1, -0.05) is 35.3 Å². The van der Waals surface area contributed by atoms with Gasteiger partial charge in [0.05, 0.1) is 21.5 Å². The number of carbonyl (C=O) groups is 1. The van der Waals surface area contributed by atoms with Crippen LogP contribution in [0, 0.1) is 13.8 Å². The Morgan fingerprint density at radius 3 is 2.46 bits per heavy atom. The Balaban J connectivity index is 2.05. The van der Waals surface area contributed by atoms with E-state index in [9.17, 15) is 13.2 Å². The summed E-state index contributed by atoms with van der Waals surface area (Å²) in [5.41, 5.74) is 2.61.